The Hall–Kier alpha value is -2.21. The van der Waals surface area contributed by atoms with E-state index in [9.17, 15) is 17.6 Å². The summed E-state index contributed by atoms with van der Waals surface area (Å²) in [6.07, 6.45) is 3.38. The third kappa shape index (κ3) is 3.65. The Labute approximate surface area is 153 Å². The number of hydrogen-bond acceptors (Lipinski definition) is 3. The maximum Gasteiger partial charge on any atom is 0.257 e. The maximum atomic E-state index is 14.3. The summed E-state index contributed by atoms with van der Waals surface area (Å²) in [5.74, 6) is -1.15. The second-order valence-electron chi connectivity index (χ2n) is 7.13. The fourth-order valence-corrected chi connectivity index (χ4v) is 4.28. The summed E-state index contributed by atoms with van der Waals surface area (Å²) in [4.78, 5) is 14.7. The molecule has 0 bridgehead atoms. The van der Waals surface area contributed by atoms with E-state index in [2.05, 4.69) is 0 Å². The van der Waals surface area contributed by atoms with Crippen molar-refractivity contribution in [3.05, 3.63) is 65.5 Å². The van der Waals surface area contributed by atoms with E-state index in [-0.39, 0.29) is 10.5 Å². The van der Waals surface area contributed by atoms with E-state index in [0.29, 0.717) is 13.0 Å². The van der Waals surface area contributed by atoms with Gasteiger partial charge in [0.25, 0.3) is 5.91 Å². The Balaban J connectivity index is 1.94. The van der Waals surface area contributed by atoms with Gasteiger partial charge in [0.2, 0.25) is 0 Å². The summed E-state index contributed by atoms with van der Waals surface area (Å²) >= 11 is 0. The Morgan fingerprint density at radius 1 is 1.19 bits per heavy atom. The molecule has 2 aromatic carbocycles. The standard InChI is InChI=1S/C20H22FNO3S/c1-20(14-15-7-4-3-5-8-15)11-6-12-22(20)19(23)17-13-16(26(2,24)25)9-10-18(17)21/h3-5,7-10,13H,6,11-12,14H2,1-2H3. The molecule has 1 fully saturated rings. The molecule has 1 aliphatic heterocycles. The lowest BCUT2D eigenvalue weighted by Gasteiger charge is -2.36. The van der Waals surface area contributed by atoms with E-state index >= 15 is 0 Å². The normalized spacial score (nSPS) is 20.3. The van der Waals surface area contributed by atoms with Gasteiger partial charge < -0.3 is 4.90 Å². The van der Waals surface area contributed by atoms with E-state index in [4.69, 9.17) is 0 Å². The minimum Gasteiger partial charge on any atom is -0.333 e. The van der Waals surface area contributed by atoms with Crippen LogP contribution in [0.5, 0.6) is 0 Å². The van der Waals surface area contributed by atoms with Crippen molar-refractivity contribution in [3.63, 3.8) is 0 Å². The number of halogens is 1. The fraction of sp³-hybridized carbons (Fsp3) is 0.350. The first-order valence-corrected chi connectivity index (χ1v) is 10.5. The number of hydrogen-bond donors (Lipinski definition) is 0. The molecule has 3 rings (SSSR count). The minimum absolute atomic E-state index is 0.0498. The van der Waals surface area contributed by atoms with Crippen LogP contribution in [-0.4, -0.2) is 37.6 Å². The van der Waals surface area contributed by atoms with Gasteiger partial charge in [-0.05, 0) is 49.9 Å². The molecule has 26 heavy (non-hydrogen) atoms. The van der Waals surface area contributed by atoms with Gasteiger partial charge in [-0.3, -0.25) is 4.79 Å². The van der Waals surface area contributed by atoms with Crippen LogP contribution in [0.15, 0.2) is 53.4 Å². The first kappa shape index (κ1) is 18.6. The summed E-state index contributed by atoms with van der Waals surface area (Å²) in [5, 5.41) is 0. The number of carbonyl (C=O) groups is 1. The zero-order valence-electron chi connectivity index (χ0n) is 14.9. The lowest BCUT2D eigenvalue weighted by Crippen LogP contribution is -2.46. The highest BCUT2D eigenvalue weighted by molar-refractivity contribution is 7.90. The van der Waals surface area contributed by atoms with Crippen molar-refractivity contribution >= 4 is 15.7 Å². The van der Waals surface area contributed by atoms with Gasteiger partial charge in [-0.2, -0.15) is 0 Å². The molecule has 0 aromatic heterocycles. The van der Waals surface area contributed by atoms with Gasteiger partial charge in [0, 0.05) is 18.3 Å². The van der Waals surface area contributed by atoms with Crippen LogP contribution in [0.2, 0.25) is 0 Å². The van der Waals surface area contributed by atoms with Gasteiger partial charge >= 0.3 is 0 Å². The topological polar surface area (TPSA) is 54.5 Å². The smallest absolute Gasteiger partial charge is 0.257 e. The predicted octanol–water partition coefficient (Wildman–Crippen LogP) is 3.47. The summed E-state index contributed by atoms with van der Waals surface area (Å²) in [6.45, 7) is 2.54. The van der Waals surface area contributed by atoms with Crippen LogP contribution < -0.4 is 0 Å². The number of amides is 1. The van der Waals surface area contributed by atoms with E-state index < -0.39 is 27.1 Å². The van der Waals surface area contributed by atoms with Crippen LogP contribution in [0.25, 0.3) is 0 Å². The SMILES string of the molecule is CC1(Cc2ccccc2)CCCN1C(=O)c1cc(S(C)(=O)=O)ccc1F. The van der Waals surface area contributed by atoms with Gasteiger partial charge in [0.05, 0.1) is 10.5 Å². The van der Waals surface area contributed by atoms with Gasteiger partial charge in [-0.25, -0.2) is 12.8 Å². The highest BCUT2D eigenvalue weighted by atomic mass is 32.2. The van der Waals surface area contributed by atoms with Crippen molar-refractivity contribution in [3.8, 4) is 0 Å². The molecule has 138 valence electrons. The molecule has 1 atom stereocenters. The van der Waals surface area contributed by atoms with E-state index in [1.54, 1.807) is 4.90 Å². The van der Waals surface area contributed by atoms with Crippen molar-refractivity contribution < 1.29 is 17.6 Å². The Morgan fingerprint density at radius 2 is 1.88 bits per heavy atom. The summed E-state index contributed by atoms with van der Waals surface area (Å²) in [6, 6.07) is 13.3. The highest BCUT2D eigenvalue weighted by Crippen LogP contribution is 2.34. The molecule has 1 amide bonds. The van der Waals surface area contributed by atoms with Crippen molar-refractivity contribution in [2.75, 3.05) is 12.8 Å². The minimum atomic E-state index is -3.51. The van der Waals surface area contributed by atoms with Gasteiger partial charge in [-0.1, -0.05) is 30.3 Å². The molecule has 1 saturated heterocycles. The lowest BCUT2D eigenvalue weighted by atomic mass is 9.89. The summed E-state index contributed by atoms with van der Waals surface area (Å²) in [7, 11) is -3.51. The Morgan fingerprint density at radius 3 is 2.54 bits per heavy atom. The molecule has 0 saturated carbocycles. The predicted molar refractivity (Wildman–Crippen MR) is 98.3 cm³/mol. The molecule has 0 N–H and O–H groups in total. The highest BCUT2D eigenvalue weighted by Gasteiger charge is 2.40. The molecule has 4 nitrogen and oxygen atoms in total. The van der Waals surface area contributed by atoms with Crippen LogP contribution in [-0.2, 0) is 16.3 Å². The third-order valence-electron chi connectivity index (χ3n) is 5.02. The number of carbonyl (C=O) groups excluding carboxylic acids is 1. The van der Waals surface area contributed by atoms with Crippen molar-refractivity contribution in [1.82, 2.24) is 4.90 Å². The summed E-state index contributed by atoms with van der Waals surface area (Å²) in [5.41, 5.74) is 0.501. The quantitative estimate of drug-likeness (QED) is 0.769. The number of likely N-dealkylation sites (tertiary alicyclic amines) is 1. The second-order valence-corrected chi connectivity index (χ2v) is 9.15. The van der Waals surface area contributed by atoms with Crippen LogP contribution in [0.4, 0.5) is 4.39 Å². The molecule has 1 heterocycles. The van der Waals surface area contributed by atoms with Gasteiger partial charge in [0.1, 0.15) is 5.82 Å². The zero-order chi connectivity index (χ0) is 18.9. The average Bonchev–Trinajstić information content (AvgIpc) is 2.95. The number of nitrogens with zero attached hydrogens (tertiary/aromatic N) is 1. The van der Waals surface area contributed by atoms with Crippen molar-refractivity contribution in [2.24, 2.45) is 0 Å². The molecule has 1 aliphatic rings. The second kappa shape index (κ2) is 6.83. The van der Waals surface area contributed by atoms with Crippen LogP contribution in [0.3, 0.4) is 0 Å². The molecular weight excluding hydrogens is 353 g/mol. The van der Waals surface area contributed by atoms with Crippen molar-refractivity contribution in [1.29, 1.82) is 0 Å². The first-order chi connectivity index (χ1) is 12.2. The third-order valence-corrected chi connectivity index (χ3v) is 6.13. The Kier molecular flexibility index (Phi) is 4.88. The van der Waals surface area contributed by atoms with Crippen LogP contribution in [0, 0.1) is 5.82 Å². The van der Waals surface area contributed by atoms with E-state index in [1.807, 2.05) is 37.3 Å². The molecule has 1 unspecified atom stereocenters. The number of benzene rings is 2. The van der Waals surface area contributed by atoms with Crippen LogP contribution in [0.1, 0.15) is 35.7 Å². The summed E-state index contributed by atoms with van der Waals surface area (Å²) < 4.78 is 37.8. The molecule has 0 aliphatic carbocycles. The Bertz CT molecular complexity index is 927. The van der Waals surface area contributed by atoms with Crippen LogP contribution >= 0.6 is 0 Å². The largest absolute Gasteiger partial charge is 0.333 e. The van der Waals surface area contributed by atoms with E-state index in [1.165, 1.54) is 6.07 Å². The first-order valence-electron chi connectivity index (χ1n) is 8.56. The van der Waals surface area contributed by atoms with Gasteiger partial charge in [0.15, 0.2) is 9.84 Å². The molecule has 6 heteroatoms. The molecule has 0 spiro atoms. The maximum absolute atomic E-state index is 14.3. The van der Waals surface area contributed by atoms with Gasteiger partial charge in [-0.15, -0.1) is 0 Å². The number of rotatable bonds is 4. The number of sulfone groups is 1. The monoisotopic (exact) mass is 375 g/mol. The lowest BCUT2D eigenvalue weighted by molar-refractivity contribution is 0.0619. The zero-order valence-corrected chi connectivity index (χ0v) is 15.7. The average molecular weight is 375 g/mol. The molecule has 2 aromatic rings. The fourth-order valence-electron chi connectivity index (χ4n) is 3.63. The van der Waals surface area contributed by atoms with E-state index in [0.717, 1.165) is 36.8 Å². The molecule has 0 radical (unpaired) electrons. The van der Waals surface area contributed by atoms with Crippen molar-refractivity contribution in [2.45, 2.75) is 36.6 Å². The molecular formula is C20H22FNO3S.